The highest BCUT2D eigenvalue weighted by atomic mass is 16.6. The molecule has 234 valence electrons. The molecule has 4 heterocycles. The largest absolute Gasteiger partial charge is 0.507 e. The van der Waals surface area contributed by atoms with Crippen molar-refractivity contribution in [2.75, 3.05) is 65.6 Å². The molecule has 1 amide bonds. The number of piperazine rings is 1. The Morgan fingerprint density at radius 1 is 1.05 bits per heavy atom. The fourth-order valence-corrected chi connectivity index (χ4v) is 5.68. The van der Waals surface area contributed by atoms with Gasteiger partial charge in [-0.3, -0.25) is 14.6 Å². The molecule has 3 aromatic rings. The lowest BCUT2D eigenvalue weighted by atomic mass is 10.0. The molecular weight excluding hydrogens is 564 g/mol. The molecule has 0 bridgehead atoms. The third-order valence-corrected chi connectivity index (χ3v) is 8.07. The van der Waals surface area contributed by atoms with Gasteiger partial charge in [0, 0.05) is 75.0 Å². The number of nitrogens with one attached hydrogen (secondary N) is 1. The van der Waals surface area contributed by atoms with Crippen LogP contribution < -0.4 is 9.47 Å². The van der Waals surface area contributed by atoms with Crippen molar-refractivity contribution in [3.8, 4) is 17.2 Å². The van der Waals surface area contributed by atoms with Crippen molar-refractivity contribution in [3.63, 3.8) is 0 Å². The van der Waals surface area contributed by atoms with Gasteiger partial charge in [-0.2, -0.15) is 0 Å². The number of aromatic nitrogens is 1. The molecule has 0 atom stereocenters. The van der Waals surface area contributed by atoms with Gasteiger partial charge in [0.05, 0.1) is 24.3 Å². The van der Waals surface area contributed by atoms with E-state index in [1.807, 2.05) is 45.2 Å². The number of aromatic hydroxyl groups is 1. The zero-order valence-corrected chi connectivity index (χ0v) is 25.6. The van der Waals surface area contributed by atoms with E-state index < -0.39 is 5.60 Å². The molecule has 0 saturated carbocycles. The number of phenols is 1. The van der Waals surface area contributed by atoms with Gasteiger partial charge in [0.1, 0.15) is 29.5 Å². The first-order valence-corrected chi connectivity index (χ1v) is 15.2. The average molecular weight is 605 g/mol. The van der Waals surface area contributed by atoms with Crippen molar-refractivity contribution in [3.05, 3.63) is 59.0 Å². The number of hydrogen-bond donors (Lipinski definition) is 2. The van der Waals surface area contributed by atoms with E-state index in [0.717, 1.165) is 55.1 Å². The Bertz CT molecular complexity index is 1560. The number of benzene rings is 2. The molecule has 44 heavy (non-hydrogen) atoms. The first-order chi connectivity index (χ1) is 21.1. The highest BCUT2D eigenvalue weighted by Crippen LogP contribution is 2.40. The summed E-state index contributed by atoms with van der Waals surface area (Å²) < 4.78 is 23.1. The van der Waals surface area contributed by atoms with Crippen LogP contribution in [0.5, 0.6) is 17.2 Å². The SMILES string of the molecule is CC(C)(C)OC(=O)N1CCN(Cc2c(O)ccc3c2O/C(=C\c2c[nH]c4ccc(OCCN5CCOCC5)cc24)C3=O)CC1. The smallest absolute Gasteiger partial charge is 0.410 e. The summed E-state index contributed by atoms with van der Waals surface area (Å²) in [5.41, 5.74) is 2.15. The zero-order valence-electron chi connectivity index (χ0n) is 25.6. The number of aromatic amines is 1. The maximum absolute atomic E-state index is 13.4. The van der Waals surface area contributed by atoms with E-state index in [4.69, 9.17) is 18.9 Å². The summed E-state index contributed by atoms with van der Waals surface area (Å²) in [7, 11) is 0. The quantitative estimate of drug-likeness (QED) is 0.382. The predicted octanol–water partition coefficient (Wildman–Crippen LogP) is 4.25. The molecule has 3 aliphatic rings. The van der Waals surface area contributed by atoms with Crippen LogP contribution in [0.3, 0.4) is 0 Å². The predicted molar refractivity (Wildman–Crippen MR) is 165 cm³/mol. The van der Waals surface area contributed by atoms with Gasteiger partial charge in [-0.15, -0.1) is 0 Å². The van der Waals surface area contributed by atoms with Crippen molar-refractivity contribution in [2.24, 2.45) is 0 Å². The molecule has 3 aliphatic heterocycles. The number of carbonyl (C=O) groups excluding carboxylic acids is 2. The lowest BCUT2D eigenvalue weighted by Crippen LogP contribution is -2.49. The summed E-state index contributed by atoms with van der Waals surface area (Å²) in [6.07, 6.45) is 3.25. The Balaban J connectivity index is 1.13. The number of hydrogen-bond acceptors (Lipinski definition) is 9. The number of Topliss-reactive ketones (excluding diaryl/α,β-unsaturated/α-hetero) is 1. The van der Waals surface area contributed by atoms with E-state index in [1.165, 1.54) is 0 Å². The molecule has 6 rings (SSSR count). The fraction of sp³-hybridized carbons (Fsp3) is 0.455. The fourth-order valence-electron chi connectivity index (χ4n) is 5.68. The average Bonchev–Trinajstić information content (AvgIpc) is 3.54. The number of morpholine rings is 1. The minimum Gasteiger partial charge on any atom is -0.507 e. The second kappa shape index (κ2) is 12.5. The van der Waals surface area contributed by atoms with E-state index in [1.54, 1.807) is 23.1 Å². The van der Waals surface area contributed by atoms with Crippen LogP contribution in [0, 0.1) is 0 Å². The topological polar surface area (TPSA) is 117 Å². The maximum Gasteiger partial charge on any atom is 0.410 e. The highest BCUT2D eigenvalue weighted by Gasteiger charge is 2.33. The van der Waals surface area contributed by atoms with Crippen LogP contribution in [0.2, 0.25) is 0 Å². The summed E-state index contributed by atoms with van der Waals surface area (Å²) >= 11 is 0. The summed E-state index contributed by atoms with van der Waals surface area (Å²) in [5, 5.41) is 11.7. The van der Waals surface area contributed by atoms with Crippen molar-refractivity contribution in [1.29, 1.82) is 0 Å². The summed E-state index contributed by atoms with van der Waals surface area (Å²) in [5.74, 6) is 1.16. The van der Waals surface area contributed by atoms with Gasteiger partial charge in [-0.1, -0.05) is 0 Å². The Morgan fingerprint density at radius 2 is 1.82 bits per heavy atom. The summed E-state index contributed by atoms with van der Waals surface area (Å²) in [6, 6.07) is 9.02. The number of H-pyrrole nitrogens is 1. The second-order valence-electron chi connectivity index (χ2n) is 12.4. The Labute approximate surface area is 256 Å². The van der Waals surface area contributed by atoms with E-state index in [9.17, 15) is 14.7 Å². The number of amides is 1. The molecule has 11 heteroatoms. The highest BCUT2D eigenvalue weighted by molar-refractivity contribution is 6.15. The molecule has 0 aliphatic carbocycles. The Kier molecular flexibility index (Phi) is 8.53. The molecule has 1 aromatic heterocycles. The van der Waals surface area contributed by atoms with E-state index in [-0.39, 0.29) is 23.4 Å². The second-order valence-corrected chi connectivity index (χ2v) is 12.4. The minimum atomic E-state index is -0.550. The lowest BCUT2D eigenvalue weighted by Gasteiger charge is -2.35. The van der Waals surface area contributed by atoms with Crippen molar-refractivity contribution >= 4 is 28.9 Å². The van der Waals surface area contributed by atoms with Crippen LogP contribution in [0.4, 0.5) is 4.79 Å². The van der Waals surface area contributed by atoms with Gasteiger partial charge in [-0.05, 0) is 57.2 Å². The number of nitrogens with zero attached hydrogens (tertiary/aromatic N) is 3. The molecule has 0 unspecified atom stereocenters. The first-order valence-electron chi connectivity index (χ1n) is 15.2. The summed E-state index contributed by atoms with van der Waals surface area (Å²) in [4.78, 5) is 35.3. The first kappa shape index (κ1) is 30.0. The van der Waals surface area contributed by atoms with E-state index in [2.05, 4.69) is 14.8 Å². The van der Waals surface area contributed by atoms with Crippen molar-refractivity contribution in [2.45, 2.75) is 32.9 Å². The molecule has 2 aromatic carbocycles. The van der Waals surface area contributed by atoms with Crippen molar-refractivity contribution < 1.29 is 33.6 Å². The minimum absolute atomic E-state index is 0.0679. The number of ketones is 1. The normalized spacial score (nSPS) is 18.9. The molecule has 11 nitrogen and oxygen atoms in total. The Hall–Kier alpha value is -4.06. The van der Waals surface area contributed by atoms with Gasteiger partial charge in [0.2, 0.25) is 5.78 Å². The van der Waals surface area contributed by atoms with E-state index in [0.29, 0.717) is 56.2 Å². The number of allylic oxidation sites excluding steroid dienone is 1. The van der Waals surface area contributed by atoms with Crippen LogP contribution in [0.25, 0.3) is 17.0 Å². The lowest BCUT2D eigenvalue weighted by molar-refractivity contribution is 0.0137. The molecule has 2 saturated heterocycles. The number of rotatable bonds is 7. The molecule has 2 fully saturated rings. The molecular formula is C33H40N4O7. The molecule has 0 radical (unpaired) electrons. The van der Waals surface area contributed by atoms with Crippen LogP contribution in [-0.4, -0.2) is 108 Å². The number of phenolic OH excluding ortho intramolecular Hbond substituents is 1. The van der Waals surface area contributed by atoms with Gasteiger partial charge < -0.3 is 33.9 Å². The standard InChI is InChI=1S/C33H40N4O7/c1-33(2,3)44-32(40)37-10-8-36(9-11-37)21-26-28(38)7-5-24-30(39)29(43-31(24)26)18-22-20-34-27-6-4-23(19-25(22)27)42-17-14-35-12-15-41-16-13-35/h4-7,18-20,34,38H,8-17,21H2,1-3H3/b29-18-. The van der Waals surface area contributed by atoms with Crippen LogP contribution >= 0.6 is 0 Å². The van der Waals surface area contributed by atoms with Gasteiger partial charge in [0.15, 0.2) is 5.76 Å². The number of fused-ring (bicyclic) bond motifs is 2. The maximum atomic E-state index is 13.4. The van der Waals surface area contributed by atoms with Crippen LogP contribution in [-0.2, 0) is 16.0 Å². The number of ether oxygens (including phenoxy) is 4. The van der Waals surface area contributed by atoms with Gasteiger partial charge in [0.25, 0.3) is 0 Å². The molecule has 0 spiro atoms. The van der Waals surface area contributed by atoms with Gasteiger partial charge >= 0.3 is 6.09 Å². The van der Waals surface area contributed by atoms with Crippen LogP contribution in [0.15, 0.2) is 42.3 Å². The third kappa shape index (κ3) is 6.69. The van der Waals surface area contributed by atoms with E-state index >= 15 is 0 Å². The summed E-state index contributed by atoms with van der Waals surface area (Å²) in [6.45, 7) is 12.9. The van der Waals surface area contributed by atoms with Gasteiger partial charge in [-0.25, -0.2) is 4.79 Å². The third-order valence-electron chi connectivity index (χ3n) is 8.07. The molecule has 2 N–H and O–H groups in total. The van der Waals surface area contributed by atoms with Crippen molar-refractivity contribution in [1.82, 2.24) is 19.7 Å². The Morgan fingerprint density at radius 3 is 2.57 bits per heavy atom. The zero-order chi connectivity index (χ0) is 30.8. The van der Waals surface area contributed by atoms with Crippen LogP contribution in [0.1, 0.15) is 42.3 Å². The monoisotopic (exact) mass is 604 g/mol. The number of carbonyl (C=O) groups is 2.